The number of nitrogens with two attached hydrogens (primary N) is 1. The lowest BCUT2D eigenvalue weighted by Crippen LogP contribution is -2.26. The van der Waals surface area contributed by atoms with Crippen LogP contribution in [0.2, 0.25) is 0 Å². The summed E-state index contributed by atoms with van der Waals surface area (Å²) >= 11 is 0. The molecule has 2 aromatic heterocycles. The Hall–Kier alpha value is -1.79. The fraction of sp³-hybridized carbons (Fsp3) is 0.417. The van der Waals surface area contributed by atoms with E-state index in [2.05, 4.69) is 15.1 Å². The third-order valence-corrected chi connectivity index (χ3v) is 2.49. The zero-order valence-corrected chi connectivity index (χ0v) is 10.8. The molecule has 0 bridgehead atoms. The minimum atomic E-state index is -0.254. The van der Waals surface area contributed by atoms with Crippen molar-refractivity contribution in [3.05, 3.63) is 29.8 Å². The van der Waals surface area contributed by atoms with E-state index in [1.54, 1.807) is 6.20 Å². The van der Waals surface area contributed by atoms with Crippen molar-refractivity contribution >= 4 is 0 Å². The summed E-state index contributed by atoms with van der Waals surface area (Å²) in [5.41, 5.74) is 7.72. The highest BCUT2D eigenvalue weighted by Crippen LogP contribution is 2.18. The van der Waals surface area contributed by atoms with Crippen LogP contribution in [0.25, 0.3) is 11.5 Å². The number of likely N-dealkylation sites (N-methyl/N-ethyl adjacent to an activating group) is 1. The van der Waals surface area contributed by atoms with Gasteiger partial charge in [-0.3, -0.25) is 4.98 Å². The minimum Gasteiger partial charge on any atom is -0.334 e. The third kappa shape index (κ3) is 2.91. The van der Waals surface area contributed by atoms with Crippen LogP contribution in [0.1, 0.15) is 17.6 Å². The van der Waals surface area contributed by atoms with E-state index in [9.17, 15) is 0 Å². The van der Waals surface area contributed by atoms with Crippen molar-refractivity contribution in [3.63, 3.8) is 0 Å². The molecule has 0 saturated carbocycles. The summed E-state index contributed by atoms with van der Waals surface area (Å²) in [6, 6.07) is 3.55. The van der Waals surface area contributed by atoms with Gasteiger partial charge in [-0.1, -0.05) is 5.16 Å². The topological polar surface area (TPSA) is 81.1 Å². The highest BCUT2D eigenvalue weighted by Gasteiger charge is 2.15. The van der Waals surface area contributed by atoms with Crippen molar-refractivity contribution < 1.29 is 4.52 Å². The van der Waals surface area contributed by atoms with Gasteiger partial charge < -0.3 is 15.2 Å². The van der Waals surface area contributed by atoms with Crippen LogP contribution in [0.5, 0.6) is 0 Å². The Morgan fingerprint density at radius 3 is 2.78 bits per heavy atom. The van der Waals surface area contributed by atoms with Gasteiger partial charge in [0.25, 0.3) is 5.89 Å². The number of nitrogens with zero attached hydrogens (tertiary/aromatic N) is 4. The van der Waals surface area contributed by atoms with Gasteiger partial charge in [-0.2, -0.15) is 4.98 Å². The SMILES string of the molecule is Cc1ccc(-c2nc(C(N)CN(C)C)no2)cn1. The first kappa shape index (κ1) is 12.7. The van der Waals surface area contributed by atoms with Crippen molar-refractivity contribution in [1.29, 1.82) is 0 Å². The monoisotopic (exact) mass is 247 g/mol. The highest BCUT2D eigenvalue weighted by molar-refractivity contribution is 5.50. The van der Waals surface area contributed by atoms with E-state index < -0.39 is 0 Å². The Kier molecular flexibility index (Phi) is 3.69. The zero-order valence-electron chi connectivity index (χ0n) is 10.8. The first-order valence-electron chi connectivity index (χ1n) is 5.73. The van der Waals surface area contributed by atoms with Crippen LogP contribution in [-0.2, 0) is 0 Å². The molecule has 6 heteroatoms. The van der Waals surface area contributed by atoms with Crippen LogP contribution in [-0.4, -0.2) is 40.7 Å². The molecule has 96 valence electrons. The second kappa shape index (κ2) is 5.24. The quantitative estimate of drug-likeness (QED) is 0.868. The summed E-state index contributed by atoms with van der Waals surface area (Å²) in [6.45, 7) is 2.60. The van der Waals surface area contributed by atoms with E-state index in [-0.39, 0.29) is 6.04 Å². The summed E-state index contributed by atoms with van der Waals surface area (Å²) < 4.78 is 5.19. The molecule has 2 aromatic rings. The molecule has 0 aromatic carbocycles. The summed E-state index contributed by atoms with van der Waals surface area (Å²) in [5, 5.41) is 3.90. The van der Waals surface area contributed by atoms with Crippen LogP contribution in [0, 0.1) is 6.92 Å². The molecule has 0 aliphatic rings. The predicted molar refractivity (Wildman–Crippen MR) is 67.7 cm³/mol. The summed E-state index contributed by atoms with van der Waals surface area (Å²) in [4.78, 5) is 10.5. The molecule has 1 unspecified atom stereocenters. The van der Waals surface area contributed by atoms with Gasteiger partial charge in [0.1, 0.15) is 0 Å². The van der Waals surface area contributed by atoms with Crippen LogP contribution in [0.15, 0.2) is 22.9 Å². The molecule has 0 fully saturated rings. The molecule has 2 N–H and O–H groups in total. The number of rotatable bonds is 4. The Morgan fingerprint density at radius 2 is 2.17 bits per heavy atom. The van der Waals surface area contributed by atoms with Crippen molar-refractivity contribution in [1.82, 2.24) is 20.0 Å². The van der Waals surface area contributed by atoms with Crippen LogP contribution in [0.3, 0.4) is 0 Å². The van der Waals surface area contributed by atoms with E-state index in [1.165, 1.54) is 0 Å². The highest BCUT2D eigenvalue weighted by atomic mass is 16.5. The van der Waals surface area contributed by atoms with Gasteiger partial charge in [-0.05, 0) is 33.2 Å². The van der Waals surface area contributed by atoms with Gasteiger partial charge in [-0.25, -0.2) is 0 Å². The van der Waals surface area contributed by atoms with Gasteiger partial charge in [0.05, 0.1) is 11.6 Å². The van der Waals surface area contributed by atoms with Crippen LogP contribution >= 0.6 is 0 Å². The lowest BCUT2D eigenvalue weighted by Gasteiger charge is -2.12. The van der Waals surface area contributed by atoms with Crippen LogP contribution in [0.4, 0.5) is 0 Å². The van der Waals surface area contributed by atoms with E-state index in [0.29, 0.717) is 18.3 Å². The van der Waals surface area contributed by atoms with E-state index >= 15 is 0 Å². The van der Waals surface area contributed by atoms with Gasteiger partial charge in [-0.15, -0.1) is 0 Å². The van der Waals surface area contributed by atoms with E-state index in [1.807, 2.05) is 38.1 Å². The number of pyridine rings is 1. The van der Waals surface area contributed by atoms with Crippen LogP contribution < -0.4 is 5.73 Å². The molecule has 0 radical (unpaired) electrons. The third-order valence-electron chi connectivity index (χ3n) is 2.49. The summed E-state index contributed by atoms with van der Waals surface area (Å²) in [7, 11) is 3.90. The second-order valence-electron chi connectivity index (χ2n) is 4.51. The molecule has 0 spiro atoms. The summed E-state index contributed by atoms with van der Waals surface area (Å²) in [6.07, 6.45) is 1.71. The van der Waals surface area contributed by atoms with Crippen molar-refractivity contribution in [3.8, 4) is 11.5 Å². The zero-order chi connectivity index (χ0) is 13.1. The van der Waals surface area contributed by atoms with Crippen molar-refractivity contribution in [2.45, 2.75) is 13.0 Å². The molecule has 0 saturated heterocycles. The maximum Gasteiger partial charge on any atom is 0.259 e. The number of aryl methyl sites for hydroxylation is 1. The lowest BCUT2D eigenvalue weighted by atomic mass is 10.2. The van der Waals surface area contributed by atoms with Gasteiger partial charge in [0, 0.05) is 18.4 Å². The average Bonchev–Trinajstić information content (AvgIpc) is 2.78. The smallest absolute Gasteiger partial charge is 0.259 e. The van der Waals surface area contributed by atoms with Crippen molar-refractivity contribution in [2.24, 2.45) is 5.73 Å². The van der Waals surface area contributed by atoms with Crippen molar-refractivity contribution in [2.75, 3.05) is 20.6 Å². The minimum absolute atomic E-state index is 0.254. The first-order valence-corrected chi connectivity index (χ1v) is 5.73. The fourth-order valence-corrected chi connectivity index (χ4v) is 1.57. The molecule has 2 rings (SSSR count). The molecule has 0 aliphatic carbocycles. The Morgan fingerprint density at radius 1 is 1.39 bits per heavy atom. The average molecular weight is 247 g/mol. The largest absolute Gasteiger partial charge is 0.334 e. The Labute approximate surface area is 106 Å². The molecule has 2 heterocycles. The number of aromatic nitrogens is 3. The predicted octanol–water partition coefficient (Wildman–Crippen LogP) is 1.00. The standard InChI is InChI=1S/C12H17N5O/c1-8-4-5-9(6-14-8)12-15-11(16-18-12)10(13)7-17(2)3/h4-6,10H,7,13H2,1-3H3. The Bertz CT molecular complexity index is 505. The van der Waals surface area contributed by atoms with Gasteiger partial charge in [0.15, 0.2) is 5.82 Å². The first-order chi connectivity index (χ1) is 8.56. The maximum absolute atomic E-state index is 5.97. The molecule has 18 heavy (non-hydrogen) atoms. The van der Waals surface area contributed by atoms with E-state index in [4.69, 9.17) is 10.3 Å². The molecule has 6 nitrogen and oxygen atoms in total. The molecular formula is C12H17N5O. The van der Waals surface area contributed by atoms with E-state index in [0.717, 1.165) is 11.3 Å². The number of hydrogen-bond acceptors (Lipinski definition) is 6. The second-order valence-corrected chi connectivity index (χ2v) is 4.51. The lowest BCUT2D eigenvalue weighted by molar-refractivity contribution is 0.357. The molecule has 0 aliphatic heterocycles. The maximum atomic E-state index is 5.97. The molecular weight excluding hydrogens is 230 g/mol. The fourth-order valence-electron chi connectivity index (χ4n) is 1.57. The normalized spacial score (nSPS) is 12.9. The molecule has 0 amide bonds. The Balaban J connectivity index is 2.17. The van der Waals surface area contributed by atoms with Gasteiger partial charge in [0.2, 0.25) is 0 Å². The summed E-state index contributed by atoms with van der Waals surface area (Å²) in [5.74, 6) is 0.964. The van der Waals surface area contributed by atoms with Gasteiger partial charge >= 0.3 is 0 Å². The molecule has 1 atom stereocenters. The number of hydrogen-bond donors (Lipinski definition) is 1.